The molecule has 0 aromatic heterocycles. The fourth-order valence-electron chi connectivity index (χ4n) is 0.769. The Hall–Kier alpha value is -0.0766. The number of methoxy groups -OCH3 is 1. The van der Waals surface area contributed by atoms with Gasteiger partial charge in [0.1, 0.15) is 0 Å². The Kier molecular flexibility index (Phi) is 8.47. The number of hydrogen-bond acceptors (Lipinski definition) is 2. The molecule has 0 N–H and O–H groups in total. The number of benzene rings is 1. The van der Waals surface area contributed by atoms with Gasteiger partial charge < -0.3 is 9.47 Å². The Labute approximate surface area is 95.7 Å². The average molecular weight is 296 g/mol. The van der Waals surface area contributed by atoms with E-state index in [0.717, 1.165) is 11.5 Å². The van der Waals surface area contributed by atoms with Crippen molar-refractivity contribution in [3.05, 3.63) is 24.3 Å². The molecular formula is C9H11BrO2Zn. The van der Waals surface area contributed by atoms with Gasteiger partial charge in [-0.1, -0.05) is 0 Å². The zero-order valence-electron chi connectivity index (χ0n) is 7.84. The summed E-state index contributed by atoms with van der Waals surface area (Å²) in [6, 6.07) is 8.38. The van der Waals surface area contributed by atoms with Crippen LogP contribution in [0.5, 0.6) is 11.5 Å². The van der Waals surface area contributed by atoms with Crippen molar-refractivity contribution in [1.82, 2.24) is 0 Å². The van der Waals surface area contributed by atoms with Crippen molar-refractivity contribution < 1.29 is 25.8 Å². The molecule has 0 heterocycles. The van der Waals surface area contributed by atoms with E-state index in [2.05, 4.69) is 19.7 Å². The van der Waals surface area contributed by atoms with Crippen molar-refractivity contribution in [3.63, 3.8) is 0 Å². The molecule has 2 nitrogen and oxygen atoms in total. The van der Waals surface area contributed by atoms with Gasteiger partial charge in [-0.25, -0.2) is 0 Å². The zero-order valence-corrected chi connectivity index (χ0v) is 12.4. The summed E-state index contributed by atoms with van der Waals surface area (Å²) in [5, 5.41) is 0. The molecule has 0 saturated carbocycles. The van der Waals surface area contributed by atoms with E-state index < -0.39 is 0 Å². The molecule has 0 spiro atoms. The summed E-state index contributed by atoms with van der Waals surface area (Å²) in [5.41, 5.74) is 0. The third-order valence-corrected chi connectivity index (χ3v) is 1.29. The summed E-state index contributed by atoms with van der Waals surface area (Å²) >= 11 is 4.25. The first-order valence-electron chi connectivity index (χ1n) is 3.82. The van der Waals surface area contributed by atoms with Crippen LogP contribution in [0.3, 0.4) is 0 Å². The second kappa shape index (κ2) is 8.52. The van der Waals surface area contributed by atoms with E-state index in [1.54, 1.807) is 13.2 Å². The topological polar surface area (TPSA) is 18.5 Å². The number of ether oxygens (including phenoxy) is 2. The zero-order chi connectivity index (χ0) is 10.1. The first-order valence-corrected chi connectivity index (χ1v) is 10.8. The molecular weight excluding hydrogens is 285 g/mol. The van der Waals surface area contributed by atoms with Crippen molar-refractivity contribution in [2.45, 2.75) is 6.92 Å². The van der Waals surface area contributed by atoms with Gasteiger partial charge in [0.2, 0.25) is 0 Å². The fourth-order valence-corrected chi connectivity index (χ4v) is 0.769. The molecule has 13 heavy (non-hydrogen) atoms. The minimum absolute atomic E-state index is 0.669. The van der Waals surface area contributed by atoms with E-state index in [-0.39, 0.29) is 0 Å². The maximum atomic E-state index is 5.19. The summed E-state index contributed by atoms with van der Waals surface area (Å²) < 4.78 is 10.2. The molecule has 1 aromatic carbocycles. The molecule has 0 amide bonds. The molecule has 1 aromatic rings. The van der Waals surface area contributed by atoms with Crippen LogP contribution in [0.1, 0.15) is 6.92 Å². The molecule has 1 rings (SSSR count). The standard InChI is InChI=1S/C9H11O2.BrH.Zn/c1-3-11-9-6-4-8(10-2)5-7-9;;/h4-6H,3H2,1-2H3;1H;/q-1;;+2/p-1. The van der Waals surface area contributed by atoms with Crippen LogP contribution in [0.25, 0.3) is 0 Å². The maximum absolute atomic E-state index is 5.19. The van der Waals surface area contributed by atoms with Gasteiger partial charge in [0.15, 0.2) is 0 Å². The third-order valence-electron chi connectivity index (χ3n) is 1.29. The van der Waals surface area contributed by atoms with Crippen molar-refractivity contribution >= 4 is 13.6 Å². The summed E-state index contributed by atoms with van der Waals surface area (Å²) in [7, 11) is 1.63. The Morgan fingerprint density at radius 1 is 1.46 bits per heavy atom. The summed E-state index contributed by atoms with van der Waals surface area (Å²) in [4.78, 5) is 0. The average Bonchev–Trinajstić information content (AvgIpc) is 2.23. The normalized spacial score (nSPS) is 8.38. The van der Waals surface area contributed by atoms with Crippen molar-refractivity contribution in [1.29, 1.82) is 0 Å². The molecule has 68 valence electrons. The summed E-state index contributed by atoms with van der Waals surface area (Å²) in [5.74, 6) is 1.56. The summed E-state index contributed by atoms with van der Waals surface area (Å²) in [6.45, 7) is 2.61. The molecule has 0 bridgehead atoms. The molecule has 0 radical (unpaired) electrons. The Bertz CT molecular complexity index is 213. The van der Waals surface area contributed by atoms with Crippen LogP contribution in [-0.4, -0.2) is 13.7 Å². The molecule has 0 aliphatic carbocycles. The van der Waals surface area contributed by atoms with Gasteiger partial charge in [-0.15, -0.1) is 24.3 Å². The molecule has 0 atom stereocenters. The van der Waals surface area contributed by atoms with Crippen LogP contribution < -0.4 is 9.47 Å². The Balaban J connectivity index is 0.000000671. The van der Waals surface area contributed by atoms with Gasteiger partial charge in [-0.3, -0.25) is 0 Å². The van der Waals surface area contributed by atoms with Crippen molar-refractivity contribution in [3.8, 4) is 11.5 Å². The van der Waals surface area contributed by atoms with Crippen LogP contribution in [0.15, 0.2) is 18.2 Å². The molecule has 0 saturated heterocycles. The molecule has 0 aliphatic heterocycles. The van der Waals surface area contributed by atoms with E-state index in [0.29, 0.717) is 6.61 Å². The van der Waals surface area contributed by atoms with E-state index in [9.17, 15) is 0 Å². The quantitative estimate of drug-likeness (QED) is 0.631. The van der Waals surface area contributed by atoms with Crippen molar-refractivity contribution in [2.24, 2.45) is 0 Å². The van der Waals surface area contributed by atoms with Gasteiger partial charge in [-0.05, 0) is 6.92 Å². The van der Waals surface area contributed by atoms with Gasteiger partial charge >= 0.3 is 30.0 Å². The van der Waals surface area contributed by atoms with Crippen molar-refractivity contribution in [2.75, 3.05) is 13.7 Å². The van der Waals surface area contributed by atoms with Crippen LogP contribution >= 0.6 is 13.6 Å². The summed E-state index contributed by atoms with van der Waals surface area (Å²) in [6.07, 6.45) is 0. The third kappa shape index (κ3) is 5.27. The van der Waals surface area contributed by atoms with Crippen LogP contribution in [0.4, 0.5) is 0 Å². The molecule has 4 heteroatoms. The van der Waals surface area contributed by atoms with Gasteiger partial charge in [-0.2, -0.15) is 0 Å². The number of rotatable bonds is 3. The van der Waals surface area contributed by atoms with E-state index in [1.165, 1.54) is 16.3 Å². The minimum atomic E-state index is 0.669. The van der Waals surface area contributed by atoms with E-state index in [1.807, 2.05) is 19.1 Å². The second-order valence-electron chi connectivity index (χ2n) is 2.03. The van der Waals surface area contributed by atoms with Gasteiger partial charge in [0.25, 0.3) is 0 Å². The van der Waals surface area contributed by atoms with Gasteiger partial charge in [0.05, 0.1) is 13.7 Å². The first kappa shape index (κ1) is 12.9. The number of hydrogen-bond donors (Lipinski definition) is 0. The van der Waals surface area contributed by atoms with E-state index in [4.69, 9.17) is 9.47 Å². The molecule has 0 unspecified atom stereocenters. The predicted molar refractivity (Wildman–Crippen MR) is 51.9 cm³/mol. The Morgan fingerprint density at radius 2 is 2.15 bits per heavy atom. The van der Waals surface area contributed by atoms with E-state index >= 15 is 0 Å². The molecule has 0 aliphatic rings. The van der Waals surface area contributed by atoms with Crippen LogP contribution in [0.2, 0.25) is 0 Å². The van der Waals surface area contributed by atoms with Gasteiger partial charge in [0, 0.05) is 11.5 Å². The monoisotopic (exact) mass is 294 g/mol. The Morgan fingerprint density at radius 3 is 2.54 bits per heavy atom. The first-order chi connectivity index (χ1) is 6.36. The van der Waals surface area contributed by atoms with Crippen LogP contribution in [0, 0.1) is 6.07 Å². The van der Waals surface area contributed by atoms with Crippen LogP contribution in [-0.2, 0) is 16.3 Å². The molecule has 0 fully saturated rings. The second-order valence-corrected chi connectivity index (χ2v) is 2.03. The SMILES string of the molecule is CCOc1[c-]cc(OC)cc1.[Zn+][Br]. The predicted octanol–water partition coefficient (Wildman–Crippen LogP) is 2.74. The fraction of sp³-hybridized carbons (Fsp3) is 0.333. The number of halogens is 1.